The molecule has 1 aliphatic rings. The van der Waals surface area contributed by atoms with E-state index in [0.717, 1.165) is 49.8 Å². The fourth-order valence-corrected chi connectivity index (χ4v) is 2.79. The summed E-state index contributed by atoms with van der Waals surface area (Å²) in [6.07, 6.45) is 2.06. The zero-order valence-electron chi connectivity index (χ0n) is 14.3. The highest BCUT2D eigenvalue weighted by Gasteiger charge is 2.25. The molecule has 1 amide bonds. The lowest BCUT2D eigenvalue weighted by Gasteiger charge is -2.31. The van der Waals surface area contributed by atoms with Crippen molar-refractivity contribution in [2.24, 2.45) is 0 Å². The van der Waals surface area contributed by atoms with Gasteiger partial charge >= 0.3 is 0 Å². The Morgan fingerprint density at radius 1 is 1.32 bits per heavy atom. The number of anilines is 1. The third-order valence-corrected chi connectivity index (χ3v) is 3.95. The maximum atomic E-state index is 11.6. The molecule has 1 aromatic heterocycles. The van der Waals surface area contributed by atoms with E-state index in [-0.39, 0.29) is 11.8 Å². The quantitative estimate of drug-likeness (QED) is 0.840. The van der Waals surface area contributed by atoms with Crippen LogP contribution in [0, 0.1) is 0 Å². The molecule has 0 saturated carbocycles. The molecule has 1 aromatic rings. The maximum Gasteiger partial charge on any atom is 0.219 e. The molecule has 2 heterocycles. The lowest BCUT2D eigenvalue weighted by atomic mass is 9.97. The van der Waals surface area contributed by atoms with E-state index in [0.29, 0.717) is 0 Å². The highest BCUT2D eigenvalue weighted by atomic mass is 16.2. The van der Waals surface area contributed by atoms with E-state index in [2.05, 4.69) is 4.90 Å². The second kappa shape index (κ2) is 7.05. The summed E-state index contributed by atoms with van der Waals surface area (Å²) in [7, 11) is 8.06. The fourth-order valence-electron chi connectivity index (χ4n) is 2.79. The minimum absolute atomic E-state index is 0.141. The number of rotatable bonds is 4. The number of hydrogen-bond donors (Lipinski definition) is 0. The number of carbonyl (C=O) groups excluding carboxylic acids is 1. The first-order valence-electron chi connectivity index (χ1n) is 7.82. The van der Waals surface area contributed by atoms with Gasteiger partial charge in [0.25, 0.3) is 0 Å². The number of carbonyl (C=O) groups is 1. The molecule has 0 radical (unpaired) electrons. The smallest absolute Gasteiger partial charge is 0.219 e. The molecular weight excluding hydrogens is 278 g/mol. The van der Waals surface area contributed by atoms with Gasteiger partial charge in [0.15, 0.2) is 0 Å². The standard InChI is InChI=1S/C16H27N5O/c1-12(22)21-8-6-7-13(10-21)16-17-14(11-19(2)3)9-15(18-16)20(4)5/h9,13H,6-8,10-11H2,1-5H3/t13-/m0/s1. The zero-order chi connectivity index (χ0) is 16.3. The normalized spacial score (nSPS) is 18.6. The third-order valence-electron chi connectivity index (χ3n) is 3.95. The second-order valence-corrected chi connectivity index (χ2v) is 6.51. The average molecular weight is 305 g/mol. The Bertz CT molecular complexity index is 529. The molecule has 122 valence electrons. The summed E-state index contributed by atoms with van der Waals surface area (Å²) in [6.45, 7) is 4.01. The van der Waals surface area contributed by atoms with Crippen molar-refractivity contribution in [1.82, 2.24) is 19.8 Å². The van der Waals surface area contributed by atoms with Crippen LogP contribution in [-0.2, 0) is 11.3 Å². The molecule has 6 heteroatoms. The molecule has 1 atom stereocenters. The molecule has 22 heavy (non-hydrogen) atoms. The van der Waals surface area contributed by atoms with Crippen LogP contribution in [0.2, 0.25) is 0 Å². The minimum Gasteiger partial charge on any atom is -0.363 e. The van der Waals surface area contributed by atoms with Crippen molar-refractivity contribution >= 4 is 11.7 Å². The van der Waals surface area contributed by atoms with E-state index >= 15 is 0 Å². The SMILES string of the molecule is CC(=O)N1CCC[C@H](c2nc(CN(C)C)cc(N(C)C)n2)C1. The van der Waals surface area contributed by atoms with Gasteiger partial charge in [0, 0.05) is 52.6 Å². The van der Waals surface area contributed by atoms with Crippen LogP contribution in [0.4, 0.5) is 5.82 Å². The number of piperidine rings is 1. The lowest BCUT2D eigenvalue weighted by molar-refractivity contribution is -0.130. The molecule has 0 bridgehead atoms. The van der Waals surface area contributed by atoms with Gasteiger partial charge in [-0.05, 0) is 26.9 Å². The molecule has 1 saturated heterocycles. The van der Waals surface area contributed by atoms with Gasteiger partial charge in [-0.15, -0.1) is 0 Å². The predicted octanol–water partition coefficient (Wildman–Crippen LogP) is 1.33. The number of nitrogens with zero attached hydrogens (tertiary/aromatic N) is 5. The fraction of sp³-hybridized carbons (Fsp3) is 0.688. The Morgan fingerprint density at radius 2 is 2.05 bits per heavy atom. The number of likely N-dealkylation sites (tertiary alicyclic amines) is 1. The predicted molar refractivity (Wildman–Crippen MR) is 88.0 cm³/mol. The molecular formula is C16H27N5O. The van der Waals surface area contributed by atoms with Gasteiger partial charge in [-0.2, -0.15) is 0 Å². The number of aromatic nitrogens is 2. The van der Waals surface area contributed by atoms with Crippen LogP contribution in [0.3, 0.4) is 0 Å². The maximum absolute atomic E-state index is 11.6. The first-order valence-corrected chi connectivity index (χ1v) is 7.82. The van der Waals surface area contributed by atoms with Crippen LogP contribution in [-0.4, -0.2) is 67.0 Å². The Morgan fingerprint density at radius 3 is 2.64 bits per heavy atom. The van der Waals surface area contributed by atoms with Crippen molar-refractivity contribution < 1.29 is 4.79 Å². The van der Waals surface area contributed by atoms with Gasteiger partial charge in [0.1, 0.15) is 11.6 Å². The summed E-state index contributed by atoms with van der Waals surface area (Å²) in [4.78, 5) is 27.1. The molecule has 1 aliphatic heterocycles. The van der Waals surface area contributed by atoms with Gasteiger partial charge < -0.3 is 14.7 Å². The summed E-state index contributed by atoms with van der Waals surface area (Å²) < 4.78 is 0. The molecule has 0 aliphatic carbocycles. The highest BCUT2D eigenvalue weighted by Crippen LogP contribution is 2.26. The molecule has 6 nitrogen and oxygen atoms in total. The molecule has 0 unspecified atom stereocenters. The monoisotopic (exact) mass is 305 g/mol. The minimum atomic E-state index is 0.141. The Kier molecular flexibility index (Phi) is 5.34. The molecule has 0 N–H and O–H groups in total. The van der Waals surface area contributed by atoms with Crippen LogP contribution >= 0.6 is 0 Å². The summed E-state index contributed by atoms with van der Waals surface area (Å²) in [5.74, 6) is 2.18. The van der Waals surface area contributed by atoms with Crippen LogP contribution in [0.1, 0.15) is 37.2 Å². The second-order valence-electron chi connectivity index (χ2n) is 6.51. The van der Waals surface area contributed by atoms with Crippen LogP contribution < -0.4 is 4.90 Å². The van der Waals surface area contributed by atoms with Gasteiger partial charge in [0.05, 0.1) is 5.69 Å². The van der Waals surface area contributed by atoms with Crippen molar-refractivity contribution in [1.29, 1.82) is 0 Å². The van der Waals surface area contributed by atoms with Gasteiger partial charge in [-0.25, -0.2) is 9.97 Å². The number of hydrogen-bond acceptors (Lipinski definition) is 5. The third kappa shape index (κ3) is 4.16. The molecule has 0 spiro atoms. The largest absolute Gasteiger partial charge is 0.363 e. The van der Waals surface area contributed by atoms with E-state index in [1.165, 1.54) is 0 Å². The van der Waals surface area contributed by atoms with Crippen LogP contribution in [0.25, 0.3) is 0 Å². The van der Waals surface area contributed by atoms with E-state index in [1.54, 1.807) is 6.92 Å². The summed E-state index contributed by atoms with van der Waals surface area (Å²) in [6, 6.07) is 2.04. The van der Waals surface area contributed by atoms with Crippen molar-refractivity contribution in [3.8, 4) is 0 Å². The lowest BCUT2D eigenvalue weighted by Crippen LogP contribution is -2.38. The van der Waals surface area contributed by atoms with E-state index in [9.17, 15) is 4.79 Å². The van der Waals surface area contributed by atoms with Gasteiger partial charge in [0.2, 0.25) is 5.91 Å². The summed E-state index contributed by atoms with van der Waals surface area (Å²) in [5, 5.41) is 0. The topological polar surface area (TPSA) is 52.6 Å². The molecule has 2 rings (SSSR count). The Labute approximate surface area is 133 Å². The summed E-state index contributed by atoms with van der Waals surface area (Å²) in [5.41, 5.74) is 1.03. The van der Waals surface area contributed by atoms with E-state index in [4.69, 9.17) is 9.97 Å². The highest BCUT2D eigenvalue weighted by molar-refractivity contribution is 5.73. The van der Waals surface area contributed by atoms with E-state index in [1.807, 2.05) is 44.1 Å². The average Bonchev–Trinajstić information content (AvgIpc) is 2.46. The van der Waals surface area contributed by atoms with Crippen LogP contribution in [0.15, 0.2) is 6.07 Å². The molecule has 1 fully saturated rings. The first kappa shape index (κ1) is 16.7. The van der Waals surface area contributed by atoms with Gasteiger partial charge in [-0.1, -0.05) is 0 Å². The van der Waals surface area contributed by atoms with Crippen molar-refractivity contribution in [2.45, 2.75) is 32.2 Å². The van der Waals surface area contributed by atoms with Crippen molar-refractivity contribution in [3.63, 3.8) is 0 Å². The Hall–Kier alpha value is -1.69. The van der Waals surface area contributed by atoms with Crippen molar-refractivity contribution in [3.05, 3.63) is 17.6 Å². The Balaban J connectivity index is 2.28. The zero-order valence-corrected chi connectivity index (χ0v) is 14.3. The first-order chi connectivity index (χ1) is 10.4. The number of amides is 1. The van der Waals surface area contributed by atoms with Gasteiger partial charge in [-0.3, -0.25) is 4.79 Å². The van der Waals surface area contributed by atoms with Crippen LogP contribution in [0.5, 0.6) is 0 Å². The van der Waals surface area contributed by atoms with E-state index < -0.39 is 0 Å². The van der Waals surface area contributed by atoms with Crippen molar-refractivity contribution in [2.75, 3.05) is 46.2 Å². The summed E-state index contributed by atoms with van der Waals surface area (Å²) >= 11 is 0. The molecule has 0 aromatic carbocycles.